The van der Waals surface area contributed by atoms with Crippen LogP contribution in [0.25, 0.3) is 11.3 Å². The zero-order valence-electron chi connectivity index (χ0n) is 15.3. The lowest BCUT2D eigenvalue weighted by Gasteiger charge is -2.08. The summed E-state index contributed by atoms with van der Waals surface area (Å²) in [6.45, 7) is 1.86. The Morgan fingerprint density at radius 1 is 1.18 bits per heavy atom. The fourth-order valence-electron chi connectivity index (χ4n) is 3.26. The molecule has 1 saturated carbocycles. The molecule has 3 aromatic rings. The minimum absolute atomic E-state index is 0.0449. The molecule has 0 saturated heterocycles. The summed E-state index contributed by atoms with van der Waals surface area (Å²) in [4.78, 5) is 4.49. The second kappa shape index (κ2) is 6.61. The molecule has 28 heavy (non-hydrogen) atoms. The van der Waals surface area contributed by atoms with Crippen LogP contribution in [0.15, 0.2) is 47.6 Å². The van der Waals surface area contributed by atoms with Gasteiger partial charge in [0.1, 0.15) is 5.82 Å². The van der Waals surface area contributed by atoms with Crippen LogP contribution in [0.4, 0.5) is 23.2 Å². The number of aromatic nitrogens is 3. The SMILES string of the molecule is CC(=Nc1ccc(-c2cc(C(F)(F)F)nn2C)c(F)c1)c1cccn1C1CC1. The molecule has 1 aliphatic rings. The van der Waals surface area contributed by atoms with Crippen LogP contribution in [0, 0.1) is 5.82 Å². The summed E-state index contributed by atoms with van der Waals surface area (Å²) in [5.74, 6) is -0.650. The summed E-state index contributed by atoms with van der Waals surface area (Å²) >= 11 is 0. The molecule has 0 amide bonds. The van der Waals surface area contributed by atoms with Gasteiger partial charge in [0.05, 0.1) is 22.8 Å². The fraction of sp³-hybridized carbons (Fsp3) is 0.300. The van der Waals surface area contributed by atoms with Crippen LogP contribution in [-0.4, -0.2) is 20.1 Å². The zero-order chi connectivity index (χ0) is 20.1. The van der Waals surface area contributed by atoms with Gasteiger partial charge in [-0.1, -0.05) is 0 Å². The molecule has 4 nitrogen and oxygen atoms in total. The Morgan fingerprint density at radius 3 is 2.54 bits per heavy atom. The number of aryl methyl sites for hydroxylation is 1. The molecule has 0 bridgehead atoms. The van der Waals surface area contributed by atoms with Gasteiger partial charge in [-0.3, -0.25) is 9.67 Å². The van der Waals surface area contributed by atoms with E-state index in [2.05, 4.69) is 14.7 Å². The summed E-state index contributed by atoms with van der Waals surface area (Å²) in [6, 6.07) is 9.51. The van der Waals surface area contributed by atoms with Crippen LogP contribution in [-0.2, 0) is 13.2 Å². The van der Waals surface area contributed by atoms with Crippen LogP contribution in [0.5, 0.6) is 0 Å². The van der Waals surface area contributed by atoms with Gasteiger partial charge in [-0.2, -0.15) is 18.3 Å². The van der Waals surface area contributed by atoms with Crippen molar-refractivity contribution in [3.63, 3.8) is 0 Å². The van der Waals surface area contributed by atoms with Crippen molar-refractivity contribution in [3.05, 3.63) is 59.8 Å². The average Bonchev–Trinajstić information content (AvgIpc) is 3.19. The van der Waals surface area contributed by atoms with E-state index in [4.69, 9.17) is 0 Å². The van der Waals surface area contributed by atoms with E-state index >= 15 is 0 Å². The third-order valence-corrected chi connectivity index (χ3v) is 4.79. The maximum Gasteiger partial charge on any atom is 0.435 e. The van der Waals surface area contributed by atoms with Gasteiger partial charge < -0.3 is 4.57 Å². The molecule has 0 spiro atoms. The highest BCUT2D eigenvalue weighted by Gasteiger charge is 2.35. The van der Waals surface area contributed by atoms with Gasteiger partial charge in [0.15, 0.2) is 5.69 Å². The first kappa shape index (κ1) is 18.5. The Hall–Kier alpha value is -2.90. The van der Waals surface area contributed by atoms with Gasteiger partial charge in [0.2, 0.25) is 0 Å². The largest absolute Gasteiger partial charge is 0.435 e. The first-order chi connectivity index (χ1) is 13.2. The number of nitrogens with zero attached hydrogens (tertiary/aromatic N) is 4. The van der Waals surface area contributed by atoms with Crippen LogP contribution < -0.4 is 0 Å². The third-order valence-electron chi connectivity index (χ3n) is 4.79. The van der Waals surface area contributed by atoms with Crippen molar-refractivity contribution < 1.29 is 17.6 Å². The maximum atomic E-state index is 14.6. The Balaban J connectivity index is 1.65. The second-order valence-electron chi connectivity index (χ2n) is 6.93. The van der Waals surface area contributed by atoms with Gasteiger partial charge >= 0.3 is 6.18 Å². The van der Waals surface area contributed by atoms with Crippen LogP contribution >= 0.6 is 0 Å². The van der Waals surface area contributed by atoms with Crippen LogP contribution in [0.2, 0.25) is 0 Å². The summed E-state index contributed by atoms with van der Waals surface area (Å²) < 4.78 is 56.4. The lowest BCUT2D eigenvalue weighted by atomic mass is 10.1. The molecular weight excluding hydrogens is 372 g/mol. The molecule has 1 aliphatic carbocycles. The maximum absolute atomic E-state index is 14.6. The normalized spacial score (nSPS) is 15.3. The molecule has 0 aliphatic heterocycles. The molecule has 0 N–H and O–H groups in total. The number of benzene rings is 1. The van der Waals surface area contributed by atoms with Gasteiger partial charge in [-0.15, -0.1) is 0 Å². The van der Waals surface area contributed by atoms with Crippen LogP contribution in [0.1, 0.15) is 37.2 Å². The molecule has 2 aromatic heterocycles. The minimum Gasteiger partial charge on any atom is -0.343 e. The van der Waals surface area contributed by atoms with E-state index in [-0.39, 0.29) is 11.3 Å². The molecule has 0 radical (unpaired) electrons. The number of hydrogen-bond donors (Lipinski definition) is 0. The predicted octanol–water partition coefficient (Wildman–Crippen LogP) is 5.52. The summed E-state index contributed by atoms with van der Waals surface area (Å²) in [5.41, 5.74) is 1.18. The Bertz CT molecular complexity index is 1050. The van der Waals surface area contributed by atoms with E-state index in [1.54, 1.807) is 6.07 Å². The van der Waals surface area contributed by atoms with E-state index in [1.807, 2.05) is 25.3 Å². The third kappa shape index (κ3) is 3.46. The minimum atomic E-state index is -4.58. The molecule has 2 heterocycles. The lowest BCUT2D eigenvalue weighted by Crippen LogP contribution is -2.06. The molecule has 0 unspecified atom stereocenters. The van der Waals surface area contributed by atoms with Crippen molar-refractivity contribution in [3.8, 4) is 11.3 Å². The zero-order valence-corrected chi connectivity index (χ0v) is 15.3. The van der Waals surface area contributed by atoms with E-state index in [0.717, 1.165) is 35.0 Å². The topological polar surface area (TPSA) is 35.1 Å². The Labute approximate surface area is 159 Å². The van der Waals surface area contributed by atoms with E-state index in [9.17, 15) is 17.6 Å². The first-order valence-electron chi connectivity index (χ1n) is 8.87. The number of alkyl halides is 3. The molecular formula is C20H18F4N4. The van der Waals surface area contributed by atoms with Crippen molar-refractivity contribution in [2.45, 2.75) is 32.0 Å². The van der Waals surface area contributed by atoms with Gasteiger partial charge in [-0.05, 0) is 50.1 Å². The molecule has 4 rings (SSSR count). The van der Waals surface area contributed by atoms with Crippen molar-refractivity contribution in [1.29, 1.82) is 0 Å². The summed E-state index contributed by atoms with van der Waals surface area (Å²) in [7, 11) is 1.35. The first-order valence-corrected chi connectivity index (χ1v) is 8.87. The van der Waals surface area contributed by atoms with Gasteiger partial charge in [-0.25, -0.2) is 4.39 Å². The van der Waals surface area contributed by atoms with E-state index < -0.39 is 17.7 Å². The van der Waals surface area contributed by atoms with Crippen molar-refractivity contribution in [1.82, 2.24) is 14.3 Å². The average molecular weight is 390 g/mol. The molecule has 146 valence electrons. The van der Waals surface area contributed by atoms with E-state index in [0.29, 0.717) is 11.7 Å². The number of rotatable bonds is 4. The van der Waals surface area contributed by atoms with Crippen molar-refractivity contribution in [2.24, 2.45) is 12.0 Å². The lowest BCUT2D eigenvalue weighted by molar-refractivity contribution is -0.141. The number of halogens is 4. The molecule has 8 heteroatoms. The highest BCUT2D eigenvalue weighted by Crippen LogP contribution is 2.36. The van der Waals surface area contributed by atoms with Gasteiger partial charge in [0, 0.05) is 30.9 Å². The smallest absolute Gasteiger partial charge is 0.343 e. The Morgan fingerprint density at radius 2 is 1.93 bits per heavy atom. The van der Waals surface area contributed by atoms with Crippen LogP contribution in [0.3, 0.4) is 0 Å². The molecule has 1 aromatic carbocycles. The second-order valence-corrected chi connectivity index (χ2v) is 6.93. The van der Waals surface area contributed by atoms with Crippen molar-refractivity contribution >= 4 is 11.4 Å². The van der Waals surface area contributed by atoms with E-state index in [1.165, 1.54) is 19.2 Å². The number of aliphatic imine (C=N–C) groups is 1. The monoisotopic (exact) mass is 390 g/mol. The summed E-state index contributed by atoms with van der Waals surface area (Å²) in [5, 5.41) is 3.43. The fourth-order valence-corrected chi connectivity index (χ4v) is 3.26. The van der Waals surface area contributed by atoms with Crippen molar-refractivity contribution in [2.75, 3.05) is 0 Å². The Kier molecular flexibility index (Phi) is 4.36. The van der Waals surface area contributed by atoms with Gasteiger partial charge in [0.25, 0.3) is 0 Å². The highest BCUT2D eigenvalue weighted by molar-refractivity contribution is 5.99. The predicted molar refractivity (Wildman–Crippen MR) is 98.2 cm³/mol. The quantitative estimate of drug-likeness (QED) is 0.427. The number of hydrogen-bond acceptors (Lipinski definition) is 2. The standard InChI is InChI=1S/C20H18F4N4/c1-12(17-4-3-9-28(17)14-6-7-14)25-13-5-8-15(16(21)10-13)18-11-19(20(22,23)24)26-27(18)2/h3-5,8-11,14H,6-7H2,1-2H3. The molecule has 0 atom stereocenters. The highest BCUT2D eigenvalue weighted by atomic mass is 19.4. The summed E-state index contributed by atoms with van der Waals surface area (Å²) in [6.07, 6.45) is -0.285. The molecule has 1 fully saturated rings.